The molecule has 1 atom stereocenters. The van der Waals surface area contributed by atoms with Gasteiger partial charge in [0.15, 0.2) is 10.5 Å². The van der Waals surface area contributed by atoms with Gasteiger partial charge in [0, 0.05) is 82.8 Å². The number of aromatic nitrogens is 3. The van der Waals surface area contributed by atoms with Gasteiger partial charge in [0.05, 0.1) is 70.5 Å². The molecule has 0 saturated carbocycles. The third-order valence-electron chi connectivity index (χ3n) is 14.5. The Morgan fingerprint density at radius 1 is 0.682 bits per heavy atom. The lowest BCUT2D eigenvalue weighted by Gasteiger charge is -2.24. The molecule has 2 aliphatic heterocycles. The summed E-state index contributed by atoms with van der Waals surface area (Å²) >= 11 is 5.45. The van der Waals surface area contributed by atoms with Gasteiger partial charge in [-0.1, -0.05) is 78.0 Å². The molecule has 1 unspecified atom stereocenters. The van der Waals surface area contributed by atoms with Crippen molar-refractivity contribution in [1.29, 1.82) is 0 Å². The van der Waals surface area contributed by atoms with Gasteiger partial charge in [-0.15, -0.1) is 5.10 Å². The number of para-hydroxylation sites is 1. The highest BCUT2D eigenvalue weighted by molar-refractivity contribution is 7.80. The maximum atomic E-state index is 14.1. The van der Waals surface area contributed by atoms with Gasteiger partial charge >= 0.3 is 5.97 Å². The molecule has 7 N–H and O–H groups in total. The summed E-state index contributed by atoms with van der Waals surface area (Å²) in [6, 6.07) is 44.7. The molecule has 0 bridgehead atoms. The Balaban J connectivity index is 0.578. The van der Waals surface area contributed by atoms with Crippen LogP contribution in [-0.4, -0.2) is 113 Å². The monoisotopic (exact) mass is 1210 g/mol. The lowest BCUT2D eigenvalue weighted by atomic mass is 9.90. The molecule has 10 rings (SSSR count). The number of aromatic hydroxyl groups is 1. The third kappa shape index (κ3) is 15.6. The number of thiocarbonyl (C=S) groups is 1. The summed E-state index contributed by atoms with van der Waals surface area (Å²) in [7, 11) is 0. The van der Waals surface area contributed by atoms with Crippen LogP contribution in [0.3, 0.4) is 0 Å². The summed E-state index contributed by atoms with van der Waals surface area (Å²) in [5.41, 5.74) is 7.21. The van der Waals surface area contributed by atoms with Crippen molar-refractivity contribution in [2.45, 2.75) is 44.8 Å². The quantitative estimate of drug-likeness (QED) is 0.0159. The second kappa shape index (κ2) is 29.3. The molecule has 3 heterocycles. The number of aromatic carboxylic acids is 1. The molecular formula is C66H63N9O12S. The average molecular weight is 1210 g/mol. The number of phenolic OH excluding ortho intramolecular Hbond substituents is 1. The number of benzene rings is 7. The number of rotatable bonds is 25. The topological polar surface area (TPSA) is 278 Å². The van der Waals surface area contributed by atoms with Crippen molar-refractivity contribution < 1.29 is 52.8 Å². The first-order valence-electron chi connectivity index (χ1n) is 28.6. The number of hydrogen-bond donors (Lipinski definition) is 7. The van der Waals surface area contributed by atoms with Crippen molar-refractivity contribution >= 4 is 75.0 Å². The largest absolute Gasteiger partial charge is 0.508 e. The van der Waals surface area contributed by atoms with Crippen LogP contribution in [-0.2, 0) is 36.9 Å². The number of ether oxygens (including phenoxy) is 3. The molecule has 7 aromatic rings. The molecule has 21 nitrogen and oxygen atoms in total. The minimum Gasteiger partial charge on any atom is -0.508 e. The maximum absolute atomic E-state index is 14.1. The minimum atomic E-state index is -1.18. The van der Waals surface area contributed by atoms with Gasteiger partial charge in [0.1, 0.15) is 22.8 Å². The van der Waals surface area contributed by atoms with Crippen LogP contribution in [0.25, 0.3) is 44.5 Å². The zero-order valence-electron chi connectivity index (χ0n) is 47.7. The Bertz CT molecular complexity index is 4010. The first kappa shape index (κ1) is 61.0. The SMILES string of the molecule is O=C(CCC(=O)NC1CCCN(C(=O)c2ccc(NC(=O)c3ccccc3-c3ccccc3)cc2)c2ccccc21)NCc1cn(CCOCCOCCOCCNC(=S)Nc2ccc(-c3c4ccc(=O)cc-4oc4cc(O)ccc34)c(C(=O)O)c2)nn1. The molecule has 88 heavy (non-hydrogen) atoms. The lowest BCUT2D eigenvalue weighted by Crippen LogP contribution is -2.32. The van der Waals surface area contributed by atoms with E-state index in [1.807, 2.05) is 72.8 Å². The van der Waals surface area contributed by atoms with Crippen LogP contribution in [0.1, 0.15) is 74.1 Å². The molecule has 0 radical (unpaired) electrons. The van der Waals surface area contributed by atoms with Gasteiger partial charge in [0.25, 0.3) is 11.8 Å². The second-order valence-corrected chi connectivity index (χ2v) is 21.0. The van der Waals surface area contributed by atoms with Crippen LogP contribution < -0.4 is 36.9 Å². The normalized spacial score (nSPS) is 12.9. The second-order valence-electron chi connectivity index (χ2n) is 20.6. The number of carboxylic acids is 1. The molecule has 4 amide bonds. The van der Waals surface area contributed by atoms with Crippen molar-refractivity contribution in [3.63, 3.8) is 0 Å². The van der Waals surface area contributed by atoms with E-state index in [4.69, 9.17) is 30.8 Å². The summed E-state index contributed by atoms with van der Waals surface area (Å²) in [6.07, 6.45) is 2.85. The predicted molar refractivity (Wildman–Crippen MR) is 335 cm³/mol. The molecule has 1 aliphatic carbocycles. The first-order valence-corrected chi connectivity index (χ1v) is 29.0. The molecule has 450 valence electrons. The number of amides is 4. The van der Waals surface area contributed by atoms with E-state index in [0.717, 1.165) is 16.7 Å². The van der Waals surface area contributed by atoms with Gasteiger partial charge < -0.3 is 60.3 Å². The van der Waals surface area contributed by atoms with E-state index in [2.05, 4.69) is 36.9 Å². The molecule has 6 aromatic carbocycles. The number of phenols is 1. The first-order chi connectivity index (χ1) is 42.8. The highest BCUT2D eigenvalue weighted by Crippen LogP contribution is 2.43. The van der Waals surface area contributed by atoms with E-state index in [9.17, 15) is 39.0 Å². The minimum absolute atomic E-state index is 0.0165. The molecule has 22 heteroatoms. The molecule has 0 fully saturated rings. The Labute approximate surface area is 511 Å². The summed E-state index contributed by atoms with van der Waals surface area (Å²) < 4.78 is 24.5. The van der Waals surface area contributed by atoms with E-state index in [0.29, 0.717) is 128 Å². The van der Waals surface area contributed by atoms with Crippen molar-refractivity contribution in [3.8, 4) is 39.3 Å². The van der Waals surface area contributed by atoms with Crippen molar-refractivity contribution in [2.24, 2.45) is 0 Å². The fourth-order valence-electron chi connectivity index (χ4n) is 10.3. The zero-order chi connectivity index (χ0) is 61.4. The van der Waals surface area contributed by atoms with E-state index in [1.54, 1.807) is 70.4 Å². The summed E-state index contributed by atoms with van der Waals surface area (Å²) in [5, 5.41) is 44.4. The fourth-order valence-corrected chi connectivity index (χ4v) is 10.5. The van der Waals surface area contributed by atoms with E-state index in [1.165, 1.54) is 30.3 Å². The highest BCUT2D eigenvalue weighted by atomic mass is 32.1. The Morgan fingerprint density at radius 3 is 2.20 bits per heavy atom. The standard InChI is InChI=1S/C66H63N9O12S/c76-47-21-24-53-58(38-47)87-59-39-48(77)22-25-54(59)62(53)50-23-20-45(37-55(50)65(82)83)70-66(88)67-28-31-84-33-35-86-36-34-85-32-30-74-41-46(72-73-74)40-68-60(78)26-27-61(79)71-56-14-8-29-75(57-15-7-6-13-52(56)57)64(81)43-16-18-44(19-17-43)69-63(80)51-12-5-4-11-49(51)42-9-2-1-3-10-42/h1-7,9-13,15-25,37-39,41,56,76H,8,14,26-36,40H2,(H,68,78)(H,69,80)(H,71,79)(H,82,83)(H2,67,70,88). The summed E-state index contributed by atoms with van der Waals surface area (Å²) in [4.78, 5) is 80.1. The van der Waals surface area contributed by atoms with Gasteiger partial charge in [-0.2, -0.15) is 0 Å². The van der Waals surface area contributed by atoms with E-state index in [-0.39, 0.29) is 82.3 Å². The van der Waals surface area contributed by atoms with Crippen LogP contribution in [0.5, 0.6) is 5.75 Å². The van der Waals surface area contributed by atoms with Crippen LogP contribution >= 0.6 is 12.2 Å². The number of carbonyl (C=O) groups is 5. The van der Waals surface area contributed by atoms with Crippen molar-refractivity contribution in [1.82, 2.24) is 30.9 Å². The van der Waals surface area contributed by atoms with Crippen LogP contribution in [0, 0.1) is 0 Å². The van der Waals surface area contributed by atoms with E-state index >= 15 is 0 Å². The number of carbonyl (C=O) groups excluding carboxylic acids is 4. The molecule has 3 aliphatic rings. The lowest BCUT2D eigenvalue weighted by molar-refractivity contribution is -0.127. The predicted octanol–water partition coefficient (Wildman–Crippen LogP) is 9.21. The van der Waals surface area contributed by atoms with Crippen LogP contribution in [0.4, 0.5) is 17.1 Å². The smallest absolute Gasteiger partial charge is 0.336 e. The van der Waals surface area contributed by atoms with Gasteiger partial charge in [-0.05, 0) is 120 Å². The Hall–Kier alpha value is -10.1. The number of nitrogens with one attached hydrogen (secondary N) is 5. The summed E-state index contributed by atoms with van der Waals surface area (Å²) in [6.45, 7) is 3.39. The molecule has 0 saturated heterocycles. The third-order valence-corrected chi connectivity index (χ3v) is 14.8. The van der Waals surface area contributed by atoms with E-state index < -0.39 is 5.97 Å². The number of nitrogens with zero attached hydrogens (tertiary/aromatic N) is 4. The Morgan fingerprint density at radius 2 is 1.40 bits per heavy atom. The fraction of sp³-hybridized carbons (Fsp3) is 0.227. The van der Waals surface area contributed by atoms with Gasteiger partial charge in [-0.3, -0.25) is 24.0 Å². The van der Waals surface area contributed by atoms with Crippen molar-refractivity contribution in [3.05, 3.63) is 202 Å². The van der Waals surface area contributed by atoms with Crippen LogP contribution in [0.15, 0.2) is 173 Å². The zero-order valence-corrected chi connectivity index (χ0v) is 48.6. The van der Waals surface area contributed by atoms with Crippen LogP contribution in [0.2, 0.25) is 0 Å². The van der Waals surface area contributed by atoms with Crippen molar-refractivity contribution in [2.75, 3.05) is 68.3 Å². The number of carboxylic acid groups (broad SMARTS) is 1. The highest BCUT2D eigenvalue weighted by Gasteiger charge is 2.29. The molecule has 0 spiro atoms. The average Bonchev–Trinajstić information content (AvgIpc) is 1.39. The molecule has 1 aromatic heterocycles. The Kier molecular flexibility index (Phi) is 20.3. The summed E-state index contributed by atoms with van der Waals surface area (Å²) in [5.74, 6) is -2.04. The number of hydrogen-bond acceptors (Lipinski definition) is 14. The number of fused-ring (bicyclic) bond motifs is 3. The van der Waals surface area contributed by atoms with Gasteiger partial charge in [-0.25, -0.2) is 9.48 Å². The number of anilines is 3. The van der Waals surface area contributed by atoms with Gasteiger partial charge in [0.2, 0.25) is 11.8 Å². The molecular weight excluding hydrogens is 1140 g/mol. The maximum Gasteiger partial charge on any atom is 0.336 e.